The first-order valence-electron chi connectivity index (χ1n) is 9.07. The molecule has 0 radical (unpaired) electrons. The second-order valence-electron chi connectivity index (χ2n) is 7.22. The van der Waals surface area contributed by atoms with Crippen LogP contribution in [0.5, 0.6) is 0 Å². The number of aliphatic carboxylic acids is 2. The highest BCUT2D eigenvalue weighted by Crippen LogP contribution is 2.41. The number of carbonyl (C=O) groups is 2. The highest BCUT2D eigenvalue weighted by atomic mass is 16.4. The van der Waals surface area contributed by atoms with Gasteiger partial charge in [-0.2, -0.15) is 0 Å². The number of carboxylic acids is 2. The van der Waals surface area contributed by atoms with Crippen LogP contribution in [0.15, 0.2) is 0 Å². The van der Waals surface area contributed by atoms with Gasteiger partial charge in [0.1, 0.15) is 0 Å². The van der Waals surface area contributed by atoms with E-state index in [4.69, 9.17) is 0 Å². The van der Waals surface area contributed by atoms with Gasteiger partial charge in [0.05, 0.1) is 11.8 Å². The largest absolute Gasteiger partial charge is 0.481 e. The molecular formula is C18H30O4. The van der Waals surface area contributed by atoms with E-state index in [-0.39, 0.29) is 5.92 Å². The summed E-state index contributed by atoms with van der Waals surface area (Å²) < 4.78 is 0. The van der Waals surface area contributed by atoms with Gasteiger partial charge >= 0.3 is 11.9 Å². The fourth-order valence-corrected chi connectivity index (χ4v) is 4.66. The average Bonchev–Trinajstić information content (AvgIpc) is 2.38. The van der Waals surface area contributed by atoms with Crippen molar-refractivity contribution in [2.75, 3.05) is 0 Å². The molecule has 0 heterocycles. The van der Waals surface area contributed by atoms with Gasteiger partial charge in [0, 0.05) is 0 Å². The van der Waals surface area contributed by atoms with Crippen LogP contribution in [0.25, 0.3) is 0 Å². The Morgan fingerprint density at radius 1 is 0.636 bits per heavy atom. The van der Waals surface area contributed by atoms with Crippen molar-refractivity contribution in [3.8, 4) is 0 Å². The lowest BCUT2D eigenvalue weighted by Gasteiger charge is -2.37. The number of rotatable bonds is 3. The summed E-state index contributed by atoms with van der Waals surface area (Å²) in [5, 5.41) is 19.3. The molecule has 0 amide bonds. The van der Waals surface area contributed by atoms with Crippen LogP contribution in [-0.2, 0) is 9.59 Å². The third kappa shape index (κ3) is 4.47. The minimum atomic E-state index is -0.912. The average molecular weight is 310 g/mol. The van der Waals surface area contributed by atoms with E-state index in [0.29, 0.717) is 12.3 Å². The summed E-state index contributed by atoms with van der Waals surface area (Å²) in [6.45, 7) is 0. The molecule has 0 bridgehead atoms. The third-order valence-corrected chi connectivity index (χ3v) is 5.81. The van der Waals surface area contributed by atoms with Crippen LogP contribution in [0.1, 0.15) is 77.0 Å². The van der Waals surface area contributed by atoms with Gasteiger partial charge in [0.2, 0.25) is 0 Å². The molecule has 0 aromatic heterocycles. The Hall–Kier alpha value is -1.06. The lowest BCUT2D eigenvalue weighted by Crippen LogP contribution is -2.39. The summed E-state index contributed by atoms with van der Waals surface area (Å²) in [4.78, 5) is 23.5. The van der Waals surface area contributed by atoms with Crippen molar-refractivity contribution < 1.29 is 19.8 Å². The van der Waals surface area contributed by atoms with Crippen LogP contribution in [0.2, 0.25) is 0 Å². The Balaban J connectivity index is 2.20. The monoisotopic (exact) mass is 310 g/mol. The normalized spacial score (nSPS) is 32.3. The van der Waals surface area contributed by atoms with E-state index in [1.807, 2.05) is 0 Å². The molecule has 2 saturated carbocycles. The van der Waals surface area contributed by atoms with Crippen LogP contribution in [-0.4, -0.2) is 22.2 Å². The lowest BCUT2D eigenvalue weighted by molar-refractivity contribution is -0.158. The summed E-state index contributed by atoms with van der Waals surface area (Å²) in [5.41, 5.74) is 0. The molecular weight excluding hydrogens is 280 g/mol. The van der Waals surface area contributed by atoms with Crippen LogP contribution < -0.4 is 0 Å². The van der Waals surface area contributed by atoms with Gasteiger partial charge in [-0.25, -0.2) is 0 Å². The molecule has 0 aliphatic heterocycles. The Morgan fingerprint density at radius 2 is 1.14 bits per heavy atom. The quantitative estimate of drug-likeness (QED) is 0.813. The molecule has 0 saturated heterocycles. The van der Waals surface area contributed by atoms with Crippen LogP contribution in [0.4, 0.5) is 0 Å². The molecule has 3 unspecified atom stereocenters. The minimum Gasteiger partial charge on any atom is -0.481 e. The third-order valence-electron chi connectivity index (χ3n) is 5.81. The number of carboxylic acid groups (broad SMARTS) is 2. The predicted molar refractivity (Wildman–Crippen MR) is 84.6 cm³/mol. The van der Waals surface area contributed by atoms with Crippen LogP contribution in [0.3, 0.4) is 0 Å². The number of hydrogen-bond donors (Lipinski definition) is 2. The molecule has 2 aliphatic rings. The van der Waals surface area contributed by atoms with E-state index in [0.717, 1.165) is 38.5 Å². The molecule has 0 aromatic rings. The van der Waals surface area contributed by atoms with Crippen molar-refractivity contribution in [2.24, 2.45) is 23.7 Å². The van der Waals surface area contributed by atoms with E-state index in [9.17, 15) is 19.8 Å². The number of hydrogen-bond acceptors (Lipinski definition) is 2. The molecule has 22 heavy (non-hydrogen) atoms. The van der Waals surface area contributed by atoms with Crippen molar-refractivity contribution >= 4 is 11.9 Å². The Morgan fingerprint density at radius 3 is 1.73 bits per heavy atom. The summed E-state index contributed by atoms with van der Waals surface area (Å²) in [7, 11) is 0. The van der Waals surface area contributed by atoms with Gasteiger partial charge in [-0.05, 0) is 24.7 Å². The molecule has 126 valence electrons. The van der Waals surface area contributed by atoms with E-state index >= 15 is 0 Å². The van der Waals surface area contributed by atoms with Gasteiger partial charge in [-0.3, -0.25) is 9.59 Å². The van der Waals surface area contributed by atoms with Gasteiger partial charge in [-0.15, -0.1) is 0 Å². The van der Waals surface area contributed by atoms with Gasteiger partial charge < -0.3 is 10.2 Å². The highest BCUT2D eigenvalue weighted by Gasteiger charge is 2.42. The first-order valence-corrected chi connectivity index (χ1v) is 9.07. The second-order valence-corrected chi connectivity index (χ2v) is 7.22. The van der Waals surface area contributed by atoms with Gasteiger partial charge in [-0.1, -0.05) is 64.2 Å². The Bertz CT molecular complexity index is 371. The van der Waals surface area contributed by atoms with Crippen molar-refractivity contribution in [2.45, 2.75) is 77.0 Å². The van der Waals surface area contributed by atoms with Crippen LogP contribution >= 0.6 is 0 Å². The molecule has 0 spiro atoms. The molecule has 2 rings (SSSR count). The van der Waals surface area contributed by atoms with E-state index in [1.165, 1.54) is 32.1 Å². The SMILES string of the molecule is O=C(O)C1CCCCCC(C2CCCCCCC2)C1C(=O)O. The molecule has 0 aromatic carbocycles. The maximum atomic E-state index is 11.9. The predicted octanol–water partition coefficient (Wildman–Crippen LogP) is 4.33. The van der Waals surface area contributed by atoms with Crippen molar-refractivity contribution in [3.05, 3.63) is 0 Å². The summed E-state index contributed by atoms with van der Waals surface area (Å²) in [6, 6.07) is 0. The van der Waals surface area contributed by atoms with Gasteiger partial charge in [0.15, 0.2) is 0 Å². The minimum absolute atomic E-state index is 0.0528. The summed E-state index contributed by atoms with van der Waals surface area (Å²) in [6.07, 6.45) is 12.6. The highest BCUT2D eigenvalue weighted by molar-refractivity contribution is 5.80. The molecule has 2 fully saturated rings. The van der Waals surface area contributed by atoms with E-state index < -0.39 is 23.8 Å². The van der Waals surface area contributed by atoms with Crippen molar-refractivity contribution in [3.63, 3.8) is 0 Å². The molecule has 4 nitrogen and oxygen atoms in total. The Labute approximate surface area is 133 Å². The standard InChI is InChI=1S/C18H30O4/c19-17(20)15-12-8-4-7-11-14(16(15)18(21)22)13-9-5-2-1-3-6-10-13/h13-16H,1-12H2,(H,19,20)(H,21,22). The zero-order chi connectivity index (χ0) is 15.9. The fraction of sp³-hybridized carbons (Fsp3) is 0.889. The molecule has 2 aliphatic carbocycles. The van der Waals surface area contributed by atoms with Crippen LogP contribution in [0, 0.1) is 23.7 Å². The molecule has 4 heteroatoms. The maximum absolute atomic E-state index is 11.9. The lowest BCUT2D eigenvalue weighted by atomic mass is 9.67. The van der Waals surface area contributed by atoms with Gasteiger partial charge in [0.25, 0.3) is 0 Å². The molecule has 3 atom stereocenters. The first kappa shape index (κ1) is 17.3. The summed E-state index contributed by atoms with van der Waals surface area (Å²) >= 11 is 0. The smallest absolute Gasteiger partial charge is 0.307 e. The van der Waals surface area contributed by atoms with Crippen molar-refractivity contribution in [1.82, 2.24) is 0 Å². The fourth-order valence-electron chi connectivity index (χ4n) is 4.66. The Kier molecular flexibility index (Phi) is 6.71. The summed E-state index contributed by atoms with van der Waals surface area (Å²) in [5.74, 6) is -2.74. The molecule has 2 N–H and O–H groups in total. The van der Waals surface area contributed by atoms with E-state index in [2.05, 4.69) is 0 Å². The first-order chi connectivity index (χ1) is 10.6. The topological polar surface area (TPSA) is 74.6 Å². The van der Waals surface area contributed by atoms with E-state index in [1.54, 1.807) is 0 Å². The maximum Gasteiger partial charge on any atom is 0.307 e. The zero-order valence-electron chi connectivity index (χ0n) is 13.5. The second kappa shape index (κ2) is 8.54. The zero-order valence-corrected chi connectivity index (χ0v) is 13.5. The van der Waals surface area contributed by atoms with Crippen molar-refractivity contribution in [1.29, 1.82) is 0 Å².